The molecule has 0 aliphatic carbocycles. The van der Waals surface area contributed by atoms with Crippen LogP contribution in [0.4, 0.5) is 4.79 Å². The molecule has 1 aliphatic heterocycles. The van der Waals surface area contributed by atoms with Gasteiger partial charge in [-0.1, -0.05) is 30.3 Å². The molecule has 1 fully saturated rings. The second-order valence-electron chi connectivity index (χ2n) is 6.74. The molecule has 1 aromatic rings. The molecule has 2 atom stereocenters. The molecule has 2 rings (SSSR count). The highest BCUT2D eigenvalue weighted by Crippen LogP contribution is 2.24. The van der Waals surface area contributed by atoms with Crippen LogP contribution < -0.4 is 0 Å². The summed E-state index contributed by atoms with van der Waals surface area (Å²) in [4.78, 5) is 27.4. The highest BCUT2D eigenvalue weighted by Gasteiger charge is 2.34. The Balaban J connectivity index is 1.99. The van der Waals surface area contributed by atoms with Gasteiger partial charge in [-0.2, -0.15) is 0 Å². The van der Waals surface area contributed by atoms with Gasteiger partial charge < -0.3 is 19.6 Å². The number of ether oxygens (including phenoxy) is 1. The summed E-state index contributed by atoms with van der Waals surface area (Å²) >= 11 is 0. The Morgan fingerprint density at radius 1 is 1.36 bits per heavy atom. The van der Waals surface area contributed by atoms with Crippen molar-refractivity contribution in [1.29, 1.82) is 0 Å². The van der Waals surface area contributed by atoms with E-state index in [-0.39, 0.29) is 37.4 Å². The van der Waals surface area contributed by atoms with Gasteiger partial charge in [0.25, 0.3) is 0 Å². The first kappa shape index (κ1) is 19.2. The van der Waals surface area contributed by atoms with E-state index in [9.17, 15) is 9.59 Å². The fourth-order valence-electron chi connectivity index (χ4n) is 3.43. The summed E-state index contributed by atoms with van der Waals surface area (Å²) in [5, 5.41) is 9.13. The van der Waals surface area contributed by atoms with Crippen molar-refractivity contribution in [3.05, 3.63) is 35.9 Å². The van der Waals surface area contributed by atoms with Crippen molar-refractivity contribution in [2.45, 2.75) is 57.8 Å². The Bertz CT molecular complexity index is 550. The fraction of sp³-hybridized carbons (Fsp3) is 0.579. The van der Waals surface area contributed by atoms with Gasteiger partial charge in [0.2, 0.25) is 6.41 Å². The van der Waals surface area contributed by atoms with Crippen LogP contribution in [0.2, 0.25) is 0 Å². The predicted octanol–water partition coefficient (Wildman–Crippen LogP) is 2.41. The highest BCUT2D eigenvalue weighted by molar-refractivity contribution is 5.68. The second kappa shape index (κ2) is 9.42. The van der Waals surface area contributed by atoms with Gasteiger partial charge in [-0.3, -0.25) is 4.79 Å². The molecular weight excluding hydrogens is 320 g/mol. The van der Waals surface area contributed by atoms with E-state index >= 15 is 0 Å². The molecule has 0 bridgehead atoms. The first-order chi connectivity index (χ1) is 12.1. The molecule has 0 radical (unpaired) electrons. The number of carbonyl (C=O) groups excluding carboxylic acids is 2. The standard InChI is InChI=1S/C19H28N2O4/c1-15(2)21(19(24)25-13-16-6-4-3-5-7-16)18-9-8-17(10-11-22)20(12-18)14-23/h3-7,14-15,17-18,22H,8-13H2,1-2H3/t17-,18-/m1/s1. The smallest absolute Gasteiger partial charge is 0.410 e. The van der Waals surface area contributed by atoms with E-state index in [2.05, 4.69) is 0 Å². The predicted molar refractivity (Wildman–Crippen MR) is 94.9 cm³/mol. The molecule has 2 amide bonds. The van der Waals surface area contributed by atoms with Gasteiger partial charge in [0.1, 0.15) is 6.61 Å². The number of rotatable bonds is 7. The maximum atomic E-state index is 12.6. The number of aliphatic hydroxyl groups is 1. The minimum atomic E-state index is -0.352. The zero-order chi connectivity index (χ0) is 18.2. The van der Waals surface area contributed by atoms with E-state index in [1.54, 1.807) is 9.80 Å². The Kier molecular flexibility index (Phi) is 7.25. The van der Waals surface area contributed by atoms with Crippen LogP contribution in [-0.2, 0) is 16.1 Å². The minimum Gasteiger partial charge on any atom is -0.445 e. The molecule has 0 spiro atoms. The van der Waals surface area contributed by atoms with Crippen LogP contribution in [0, 0.1) is 0 Å². The lowest BCUT2D eigenvalue weighted by Gasteiger charge is -2.43. The molecule has 1 N–H and O–H groups in total. The summed E-state index contributed by atoms with van der Waals surface area (Å²) in [5.41, 5.74) is 0.945. The van der Waals surface area contributed by atoms with Crippen molar-refractivity contribution in [2.75, 3.05) is 13.2 Å². The number of piperidine rings is 1. The number of benzene rings is 1. The summed E-state index contributed by atoms with van der Waals surface area (Å²) in [7, 11) is 0. The summed E-state index contributed by atoms with van der Waals surface area (Å²) < 4.78 is 5.49. The summed E-state index contributed by atoms with van der Waals surface area (Å²) in [5.74, 6) is 0. The van der Waals surface area contributed by atoms with Crippen LogP contribution in [0.3, 0.4) is 0 Å². The number of aliphatic hydroxyl groups excluding tert-OH is 1. The number of hydrogen-bond donors (Lipinski definition) is 1. The average Bonchev–Trinajstić information content (AvgIpc) is 2.62. The van der Waals surface area contributed by atoms with Gasteiger partial charge in [-0.05, 0) is 38.7 Å². The lowest BCUT2D eigenvalue weighted by molar-refractivity contribution is -0.123. The van der Waals surface area contributed by atoms with Gasteiger partial charge >= 0.3 is 6.09 Å². The van der Waals surface area contributed by atoms with E-state index in [1.807, 2.05) is 44.2 Å². The summed E-state index contributed by atoms with van der Waals surface area (Å²) in [6.45, 7) is 4.68. The third-order valence-electron chi connectivity index (χ3n) is 4.69. The van der Waals surface area contributed by atoms with Crippen molar-refractivity contribution < 1.29 is 19.4 Å². The third-order valence-corrected chi connectivity index (χ3v) is 4.69. The van der Waals surface area contributed by atoms with E-state index in [0.717, 1.165) is 24.8 Å². The topological polar surface area (TPSA) is 70.1 Å². The van der Waals surface area contributed by atoms with Crippen molar-refractivity contribution in [3.63, 3.8) is 0 Å². The lowest BCUT2D eigenvalue weighted by atomic mass is 9.95. The molecule has 6 heteroatoms. The molecule has 0 unspecified atom stereocenters. The Morgan fingerprint density at radius 2 is 2.08 bits per heavy atom. The normalized spacial score (nSPS) is 20.4. The highest BCUT2D eigenvalue weighted by atomic mass is 16.6. The monoisotopic (exact) mass is 348 g/mol. The maximum absolute atomic E-state index is 12.6. The number of likely N-dealkylation sites (tertiary alicyclic amines) is 1. The van der Waals surface area contributed by atoms with Crippen LogP contribution >= 0.6 is 0 Å². The average molecular weight is 348 g/mol. The number of hydrogen-bond acceptors (Lipinski definition) is 4. The van der Waals surface area contributed by atoms with E-state index in [0.29, 0.717) is 13.0 Å². The van der Waals surface area contributed by atoms with E-state index in [4.69, 9.17) is 9.84 Å². The zero-order valence-corrected chi connectivity index (χ0v) is 15.0. The Hall–Kier alpha value is -2.08. The summed E-state index contributed by atoms with van der Waals surface area (Å²) in [6, 6.07) is 9.54. The molecule has 1 aromatic carbocycles. The molecule has 1 heterocycles. The Labute approximate surface area is 149 Å². The van der Waals surface area contributed by atoms with Gasteiger partial charge in [0.05, 0.1) is 6.04 Å². The molecule has 138 valence electrons. The first-order valence-electron chi connectivity index (χ1n) is 8.87. The van der Waals surface area contributed by atoms with Crippen molar-refractivity contribution in [2.24, 2.45) is 0 Å². The second-order valence-corrected chi connectivity index (χ2v) is 6.74. The van der Waals surface area contributed by atoms with Gasteiger partial charge in [-0.15, -0.1) is 0 Å². The van der Waals surface area contributed by atoms with Crippen molar-refractivity contribution in [3.8, 4) is 0 Å². The van der Waals surface area contributed by atoms with E-state index in [1.165, 1.54) is 0 Å². The fourth-order valence-corrected chi connectivity index (χ4v) is 3.43. The largest absolute Gasteiger partial charge is 0.445 e. The quantitative estimate of drug-likeness (QED) is 0.768. The van der Waals surface area contributed by atoms with Crippen LogP contribution in [0.15, 0.2) is 30.3 Å². The number of amides is 2. The lowest BCUT2D eigenvalue weighted by Crippen LogP contribution is -2.55. The van der Waals surface area contributed by atoms with E-state index < -0.39 is 0 Å². The van der Waals surface area contributed by atoms with Gasteiger partial charge in [-0.25, -0.2) is 4.79 Å². The molecule has 0 aromatic heterocycles. The molecule has 1 aliphatic rings. The maximum Gasteiger partial charge on any atom is 0.410 e. The molecule has 1 saturated heterocycles. The first-order valence-corrected chi connectivity index (χ1v) is 8.87. The summed E-state index contributed by atoms with van der Waals surface area (Å²) in [6.07, 6.45) is 2.62. The third kappa shape index (κ3) is 5.19. The SMILES string of the molecule is CC(C)N(C(=O)OCc1ccccc1)[C@@H]1CC[C@H](CCO)N(C=O)C1. The number of carbonyl (C=O) groups is 2. The zero-order valence-electron chi connectivity index (χ0n) is 15.0. The number of nitrogens with zero attached hydrogens (tertiary/aromatic N) is 2. The molecule has 25 heavy (non-hydrogen) atoms. The molecular formula is C19H28N2O4. The molecule has 0 saturated carbocycles. The molecule has 6 nitrogen and oxygen atoms in total. The van der Waals surface area contributed by atoms with Crippen molar-refractivity contribution in [1.82, 2.24) is 9.80 Å². The minimum absolute atomic E-state index is 0.0174. The van der Waals surface area contributed by atoms with Crippen LogP contribution in [0.1, 0.15) is 38.7 Å². The van der Waals surface area contributed by atoms with Crippen LogP contribution in [-0.4, -0.2) is 58.7 Å². The van der Waals surface area contributed by atoms with Gasteiger partial charge in [0, 0.05) is 25.2 Å². The van der Waals surface area contributed by atoms with Crippen molar-refractivity contribution >= 4 is 12.5 Å². The Morgan fingerprint density at radius 3 is 2.68 bits per heavy atom. The van der Waals surface area contributed by atoms with Gasteiger partial charge in [0.15, 0.2) is 0 Å². The van der Waals surface area contributed by atoms with Crippen LogP contribution in [0.25, 0.3) is 0 Å². The van der Waals surface area contributed by atoms with Crippen LogP contribution in [0.5, 0.6) is 0 Å².